The Morgan fingerprint density at radius 2 is 1.81 bits per heavy atom. The van der Waals surface area contributed by atoms with Gasteiger partial charge >= 0.3 is 5.97 Å². The molecule has 1 aliphatic rings. The Balaban J connectivity index is 1.50. The van der Waals surface area contributed by atoms with Crippen LogP contribution in [0.3, 0.4) is 0 Å². The van der Waals surface area contributed by atoms with Gasteiger partial charge in [-0.15, -0.1) is 0 Å². The van der Waals surface area contributed by atoms with Gasteiger partial charge in [-0.3, -0.25) is 4.79 Å². The topological polar surface area (TPSA) is 81.9 Å². The van der Waals surface area contributed by atoms with Crippen LogP contribution in [-0.2, 0) is 29.1 Å². The lowest BCUT2D eigenvalue weighted by Crippen LogP contribution is -2.49. The van der Waals surface area contributed by atoms with Gasteiger partial charge in [0.05, 0.1) is 18.4 Å². The summed E-state index contributed by atoms with van der Waals surface area (Å²) in [7, 11) is 1.34. The number of fused-ring (bicyclic) bond motifs is 1. The highest BCUT2D eigenvalue weighted by molar-refractivity contribution is 5.97. The summed E-state index contributed by atoms with van der Waals surface area (Å²) in [6, 6.07) is 14.1. The largest absolute Gasteiger partial charge is 0.489 e. The molecule has 0 saturated heterocycles. The molecule has 1 atom stereocenters. The molecule has 7 nitrogen and oxygen atoms in total. The zero-order chi connectivity index (χ0) is 22.0. The molecule has 160 valence electrons. The lowest BCUT2D eigenvalue weighted by molar-refractivity contribution is -0.146. The van der Waals surface area contributed by atoms with E-state index in [0.717, 1.165) is 28.1 Å². The van der Waals surface area contributed by atoms with Gasteiger partial charge in [-0.05, 0) is 49.2 Å². The van der Waals surface area contributed by atoms with Gasteiger partial charge in [0.2, 0.25) is 0 Å². The SMILES string of the molecule is COC(=O)C1Cc2ccccc2CN1C(=O)c1ccc(OCc2c(C)noc2C)cc1. The highest BCUT2D eigenvalue weighted by Crippen LogP contribution is 2.26. The van der Waals surface area contributed by atoms with E-state index in [1.807, 2.05) is 38.1 Å². The van der Waals surface area contributed by atoms with Crippen molar-refractivity contribution in [1.29, 1.82) is 0 Å². The zero-order valence-electron chi connectivity index (χ0n) is 17.8. The van der Waals surface area contributed by atoms with Crippen molar-refractivity contribution in [2.75, 3.05) is 7.11 Å². The number of methoxy groups -OCH3 is 1. The van der Waals surface area contributed by atoms with E-state index < -0.39 is 12.0 Å². The Morgan fingerprint density at radius 1 is 1.10 bits per heavy atom. The molecule has 0 N–H and O–H groups in total. The van der Waals surface area contributed by atoms with Crippen molar-refractivity contribution in [2.45, 2.75) is 39.5 Å². The van der Waals surface area contributed by atoms with E-state index in [1.165, 1.54) is 7.11 Å². The van der Waals surface area contributed by atoms with Crippen LogP contribution < -0.4 is 4.74 Å². The molecule has 2 heterocycles. The quantitative estimate of drug-likeness (QED) is 0.587. The summed E-state index contributed by atoms with van der Waals surface area (Å²) >= 11 is 0. The molecule has 0 saturated carbocycles. The molecule has 0 aliphatic carbocycles. The zero-order valence-corrected chi connectivity index (χ0v) is 17.8. The number of hydrogen-bond donors (Lipinski definition) is 0. The van der Waals surface area contributed by atoms with Crippen molar-refractivity contribution in [3.8, 4) is 5.75 Å². The molecule has 0 spiro atoms. The second kappa shape index (κ2) is 8.63. The molecule has 1 unspecified atom stereocenters. The standard InChI is InChI=1S/C24H24N2O5/c1-15-21(16(2)31-25-15)14-30-20-10-8-17(9-11-20)23(27)26-13-19-7-5-4-6-18(19)12-22(26)24(28)29-3/h4-11,22H,12-14H2,1-3H3. The third-order valence-corrected chi connectivity index (χ3v) is 5.65. The van der Waals surface area contributed by atoms with Crippen molar-refractivity contribution in [3.63, 3.8) is 0 Å². The Labute approximate surface area is 180 Å². The summed E-state index contributed by atoms with van der Waals surface area (Å²) in [5.41, 5.74) is 4.29. The number of nitrogens with zero attached hydrogens (tertiary/aromatic N) is 2. The van der Waals surface area contributed by atoms with Gasteiger partial charge in [-0.1, -0.05) is 29.4 Å². The number of carbonyl (C=O) groups excluding carboxylic acids is 2. The van der Waals surface area contributed by atoms with Crippen molar-refractivity contribution in [1.82, 2.24) is 10.1 Å². The normalized spacial score (nSPS) is 15.3. The number of amides is 1. The van der Waals surface area contributed by atoms with Crippen molar-refractivity contribution >= 4 is 11.9 Å². The third kappa shape index (κ3) is 4.17. The maximum Gasteiger partial charge on any atom is 0.328 e. The summed E-state index contributed by atoms with van der Waals surface area (Å²) in [6.07, 6.45) is 0.438. The van der Waals surface area contributed by atoms with E-state index in [4.69, 9.17) is 14.0 Å². The third-order valence-electron chi connectivity index (χ3n) is 5.65. The first-order valence-corrected chi connectivity index (χ1v) is 10.1. The minimum atomic E-state index is -0.650. The molecule has 4 rings (SSSR count). The Bertz CT molecular complexity index is 1080. The van der Waals surface area contributed by atoms with Crippen LogP contribution in [0.25, 0.3) is 0 Å². The van der Waals surface area contributed by atoms with Gasteiger partial charge in [0, 0.05) is 18.5 Å². The van der Waals surface area contributed by atoms with Crippen LogP contribution in [-0.4, -0.2) is 35.1 Å². The number of aryl methyl sites for hydroxylation is 2. The van der Waals surface area contributed by atoms with Crippen LogP contribution in [0.15, 0.2) is 53.1 Å². The molecule has 7 heteroatoms. The van der Waals surface area contributed by atoms with Crippen molar-refractivity contribution in [3.05, 3.63) is 82.2 Å². The minimum absolute atomic E-state index is 0.220. The number of hydrogen-bond acceptors (Lipinski definition) is 6. The van der Waals surface area contributed by atoms with Crippen LogP contribution in [0.2, 0.25) is 0 Å². The molecule has 1 aliphatic heterocycles. The second-order valence-electron chi connectivity index (χ2n) is 7.56. The summed E-state index contributed by atoms with van der Waals surface area (Å²) in [4.78, 5) is 27.2. The smallest absolute Gasteiger partial charge is 0.328 e. The molecule has 0 bridgehead atoms. The second-order valence-corrected chi connectivity index (χ2v) is 7.56. The summed E-state index contributed by atoms with van der Waals surface area (Å²) in [5.74, 6) is 0.720. The highest BCUT2D eigenvalue weighted by Gasteiger charge is 2.35. The molecular weight excluding hydrogens is 396 g/mol. The number of rotatable bonds is 5. The number of ether oxygens (including phenoxy) is 2. The fourth-order valence-corrected chi connectivity index (χ4v) is 3.81. The predicted molar refractivity (Wildman–Crippen MR) is 113 cm³/mol. The van der Waals surface area contributed by atoms with Crippen LogP contribution in [0.4, 0.5) is 0 Å². The number of esters is 1. The van der Waals surface area contributed by atoms with Gasteiger partial charge in [-0.2, -0.15) is 0 Å². The predicted octanol–water partition coefficient (Wildman–Crippen LogP) is 3.61. The number of carbonyl (C=O) groups is 2. The fourth-order valence-electron chi connectivity index (χ4n) is 3.81. The van der Waals surface area contributed by atoms with Gasteiger partial charge in [0.1, 0.15) is 24.2 Å². The molecule has 1 aromatic heterocycles. The number of aromatic nitrogens is 1. The molecule has 3 aromatic rings. The first-order valence-electron chi connectivity index (χ1n) is 10.1. The summed E-state index contributed by atoms with van der Waals surface area (Å²) in [6.45, 7) is 4.40. The van der Waals surface area contributed by atoms with E-state index in [1.54, 1.807) is 29.2 Å². The summed E-state index contributed by atoms with van der Waals surface area (Å²) < 4.78 is 15.9. The Morgan fingerprint density at radius 3 is 2.45 bits per heavy atom. The summed E-state index contributed by atoms with van der Waals surface area (Å²) in [5, 5.41) is 3.92. The number of benzene rings is 2. The molecule has 31 heavy (non-hydrogen) atoms. The minimum Gasteiger partial charge on any atom is -0.489 e. The fraction of sp³-hybridized carbons (Fsp3) is 0.292. The van der Waals surface area contributed by atoms with E-state index in [9.17, 15) is 9.59 Å². The lowest BCUT2D eigenvalue weighted by Gasteiger charge is -2.35. The average Bonchev–Trinajstić information content (AvgIpc) is 3.13. The maximum absolute atomic E-state index is 13.2. The van der Waals surface area contributed by atoms with E-state index in [0.29, 0.717) is 30.9 Å². The first-order chi connectivity index (χ1) is 15.0. The van der Waals surface area contributed by atoms with Gasteiger partial charge < -0.3 is 18.9 Å². The van der Waals surface area contributed by atoms with Crippen molar-refractivity contribution in [2.24, 2.45) is 0 Å². The van der Waals surface area contributed by atoms with Crippen LogP contribution in [0, 0.1) is 13.8 Å². The van der Waals surface area contributed by atoms with Crippen LogP contribution in [0.5, 0.6) is 5.75 Å². The van der Waals surface area contributed by atoms with Gasteiger partial charge in [0.25, 0.3) is 5.91 Å². The molecule has 0 fully saturated rings. The highest BCUT2D eigenvalue weighted by atomic mass is 16.5. The lowest BCUT2D eigenvalue weighted by atomic mass is 9.93. The average molecular weight is 420 g/mol. The molecule has 2 aromatic carbocycles. The van der Waals surface area contributed by atoms with Gasteiger partial charge in [0.15, 0.2) is 0 Å². The van der Waals surface area contributed by atoms with E-state index in [-0.39, 0.29) is 5.91 Å². The molecular formula is C24H24N2O5. The van der Waals surface area contributed by atoms with E-state index >= 15 is 0 Å². The Kier molecular flexibility index (Phi) is 5.75. The van der Waals surface area contributed by atoms with Crippen LogP contribution in [0.1, 0.15) is 38.5 Å². The van der Waals surface area contributed by atoms with Crippen LogP contribution >= 0.6 is 0 Å². The molecule has 1 amide bonds. The molecule has 0 radical (unpaired) electrons. The monoisotopic (exact) mass is 420 g/mol. The Hall–Kier alpha value is -3.61. The van der Waals surface area contributed by atoms with E-state index in [2.05, 4.69) is 5.16 Å². The first kappa shape index (κ1) is 20.7. The van der Waals surface area contributed by atoms with Crippen molar-refractivity contribution < 1.29 is 23.6 Å². The van der Waals surface area contributed by atoms with Gasteiger partial charge in [-0.25, -0.2) is 4.79 Å². The maximum atomic E-state index is 13.2.